The van der Waals surface area contributed by atoms with Gasteiger partial charge in [-0.2, -0.15) is 0 Å². The van der Waals surface area contributed by atoms with Gasteiger partial charge in [0, 0.05) is 0 Å². The van der Waals surface area contributed by atoms with Gasteiger partial charge in [-0.1, -0.05) is 0 Å². The van der Waals surface area contributed by atoms with E-state index < -0.39 is 0 Å². The number of nitrogens with zero attached hydrogens (tertiary/aromatic N) is 2. The van der Waals surface area contributed by atoms with Crippen molar-refractivity contribution in [3.05, 3.63) is 47.8 Å². The Balaban J connectivity index is 1.73. The van der Waals surface area contributed by atoms with Crippen LogP contribution in [0.3, 0.4) is 0 Å². The topological polar surface area (TPSA) is 37.8 Å². The first-order valence-corrected chi connectivity index (χ1v) is 9.24. The summed E-state index contributed by atoms with van der Waals surface area (Å²) >= 11 is 1.57. The number of aromatic nitrogens is 2. The van der Waals surface area contributed by atoms with Crippen molar-refractivity contribution in [1.29, 1.82) is 0 Å². The Hall–Kier alpha value is -1.36. The average molecular weight is 364 g/mol. The van der Waals surface area contributed by atoms with E-state index in [1.54, 1.807) is 17.8 Å². The summed E-state index contributed by atoms with van der Waals surface area (Å²) in [7, 11) is 0. The number of halogens is 1. The number of rotatable bonds is 2. The fraction of sp³-hybridized carbons (Fsp3) is 0.200. The minimum absolute atomic E-state index is 0.0352. The van der Waals surface area contributed by atoms with Crippen LogP contribution in [-0.2, 0) is 0 Å². The molecule has 1 aliphatic heterocycles. The van der Waals surface area contributed by atoms with Crippen molar-refractivity contribution in [2.75, 3.05) is 11.1 Å². The molecule has 106 valence electrons. The molecule has 2 aromatic carbocycles. The third-order valence-corrected chi connectivity index (χ3v) is 5.94. The summed E-state index contributed by atoms with van der Waals surface area (Å²) in [6.07, 6.45) is 0.979. The maximum absolute atomic E-state index is 13.9. The Morgan fingerprint density at radius 3 is 3.05 bits per heavy atom. The Morgan fingerprint density at radius 1 is 1.19 bits per heavy atom. The molecular formula is C15H12FN3SSe. The van der Waals surface area contributed by atoms with E-state index in [1.807, 2.05) is 24.3 Å². The molecule has 2 heterocycles. The summed E-state index contributed by atoms with van der Waals surface area (Å²) in [5, 5.41) is 3.54. The Kier molecular flexibility index (Phi) is 3.45. The van der Waals surface area contributed by atoms with Crippen LogP contribution in [0.2, 0.25) is 0 Å². The SMILES string of the molecule is Fc1cccc2c1SCCC2Nc1cccc2n[se]nc12. The van der Waals surface area contributed by atoms with Crippen LogP contribution in [0.5, 0.6) is 0 Å². The minimum atomic E-state index is -0.120. The first-order chi connectivity index (χ1) is 10.3. The van der Waals surface area contributed by atoms with Crippen molar-refractivity contribution in [3.63, 3.8) is 0 Å². The molecule has 1 aliphatic rings. The molecule has 1 aromatic heterocycles. The van der Waals surface area contributed by atoms with E-state index >= 15 is 0 Å². The normalized spacial score (nSPS) is 17.7. The summed E-state index contributed by atoms with van der Waals surface area (Å²) in [6, 6.07) is 11.5. The number of anilines is 1. The molecule has 0 radical (unpaired) electrons. The van der Waals surface area contributed by atoms with E-state index in [2.05, 4.69) is 13.3 Å². The number of fused-ring (bicyclic) bond motifs is 2. The van der Waals surface area contributed by atoms with Gasteiger partial charge in [0.1, 0.15) is 0 Å². The van der Waals surface area contributed by atoms with E-state index in [0.717, 1.165) is 39.4 Å². The molecule has 0 amide bonds. The number of benzene rings is 2. The van der Waals surface area contributed by atoms with Crippen LogP contribution in [0.25, 0.3) is 11.0 Å². The standard InChI is InChI=1S/C15H12FN3SSe/c16-10-4-1-3-9-11(7-8-20-15(9)10)17-12-5-2-6-13-14(12)19-21-18-13/h1-6,11,17H,7-8H2. The van der Waals surface area contributed by atoms with E-state index in [-0.39, 0.29) is 26.8 Å². The molecule has 0 saturated carbocycles. The van der Waals surface area contributed by atoms with Crippen molar-refractivity contribution in [2.24, 2.45) is 0 Å². The van der Waals surface area contributed by atoms with Gasteiger partial charge < -0.3 is 0 Å². The molecule has 0 bridgehead atoms. The van der Waals surface area contributed by atoms with Crippen LogP contribution in [0.1, 0.15) is 18.0 Å². The Bertz CT molecular complexity index is 804. The molecule has 1 unspecified atom stereocenters. The summed E-state index contributed by atoms with van der Waals surface area (Å²) in [4.78, 5) is 0.777. The summed E-state index contributed by atoms with van der Waals surface area (Å²) in [5.41, 5.74) is 3.96. The van der Waals surface area contributed by atoms with Gasteiger partial charge in [0.25, 0.3) is 0 Å². The number of thioether (sulfide) groups is 1. The zero-order valence-corrected chi connectivity index (χ0v) is 13.6. The second-order valence-electron chi connectivity index (χ2n) is 4.93. The maximum atomic E-state index is 13.9. The van der Waals surface area contributed by atoms with Gasteiger partial charge in [-0.3, -0.25) is 0 Å². The molecule has 3 nitrogen and oxygen atoms in total. The van der Waals surface area contributed by atoms with Gasteiger partial charge in [-0.05, 0) is 0 Å². The second-order valence-corrected chi connectivity index (χ2v) is 7.14. The molecule has 0 spiro atoms. The molecular weight excluding hydrogens is 352 g/mol. The van der Waals surface area contributed by atoms with Crippen LogP contribution in [0, 0.1) is 5.82 Å². The molecule has 6 heteroatoms. The molecule has 0 fully saturated rings. The summed E-state index contributed by atoms with van der Waals surface area (Å²) < 4.78 is 22.8. The van der Waals surface area contributed by atoms with Crippen molar-refractivity contribution >= 4 is 43.4 Å². The predicted molar refractivity (Wildman–Crippen MR) is 84.6 cm³/mol. The third-order valence-electron chi connectivity index (χ3n) is 3.64. The van der Waals surface area contributed by atoms with Crippen molar-refractivity contribution in [3.8, 4) is 0 Å². The Morgan fingerprint density at radius 2 is 2.10 bits per heavy atom. The molecule has 0 aliphatic carbocycles. The summed E-state index contributed by atoms with van der Waals surface area (Å²) in [5.74, 6) is 0.803. The fourth-order valence-electron chi connectivity index (χ4n) is 2.65. The zero-order chi connectivity index (χ0) is 14.2. The first kappa shape index (κ1) is 13.3. The van der Waals surface area contributed by atoms with Crippen molar-refractivity contribution < 1.29 is 4.39 Å². The average Bonchev–Trinajstić information content (AvgIpc) is 2.98. The first-order valence-electron chi connectivity index (χ1n) is 6.72. The molecule has 21 heavy (non-hydrogen) atoms. The van der Waals surface area contributed by atoms with Gasteiger partial charge in [-0.15, -0.1) is 0 Å². The zero-order valence-electron chi connectivity index (χ0n) is 11.0. The van der Waals surface area contributed by atoms with Crippen molar-refractivity contribution in [2.45, 2.75) is 17.4 Å². The van der Waals surface area contributed by atoms with Crippen LogP contribution >= 0.6 is 11.8 Å². The van der Waals surface area contributed by atoms with Crippen LogP contribution < -0.4 is 5.32 Å². The van der Waals surface area contributed by atoms with E-state index in [0.29, 0.717) is 0 Å². The predicted octanol–water partition coefficient (Wildman–Crippen LogP) is 3.47. The molecule has 1 N–H and O–H groups in total. The third kappa shape index (κ3) is 2.37. The van der Waals surface area contributed by atoms with Crippen molar-refractivity contribution in [1.82, 2.24) is 7.96 Å². The quantitative estimate of drug-likeness (QED) is 0.707. The van der Waals surface area contributed by atoms with E-state index in [9.17, 15) is 4.39 Å². The molecule has 4 rings (SSSR count). The van der Waals surface area contributed by atoms with Gasteiger partial charge in [0.2, 0.25) is 0 Å². The molecule has 3 aromatic rings. The van der Waals surface area contributed by atoms with Gasteiger partial charge >= 0.3 is 132 Å². The monoisotopic (exact) mass is 365 g/mol. The fourth-order valence-corrected chi connectivity index (χ4v) is 4.94. The van der Waals surface area contributed by atoms with Gasteiger partial charge in [0.05, 0.1) is 0 Å². The number of nitrogens with one attached hydrogen (secondary N) is 1. The summed E-state index contributed by atoms with van der Waals surface area (Å²) in [6.45, 7) is 0. The second kappa shape index (κ2) is 5.44. The molecule has 0 saturated heterocycles. The van der Waals surface area contributed by atoms with Crippen LogP contribution in [0.15, 0.2) is 41.3 Å². The van der Waals surface area contributed by atoms with Crippen LogP contribution in [0.4, 0.5) is 10.1 Å². The molecule has 1 atom stereocenters. The van der Waals surface area contributed by atoms with Gasteiger partial charge in [0.15, 0.2) is 0 Å². The van der Waals surface area contributed by atoms with E-state index in [4.69, 9.17) is 0 Å². The van der Waals surface area contributed by atoms with Crippen LogP contribution in [-0.4, -0.2) is 28.7 Å². The number of hydrogen-bond acceptors (Lipinski definition) is 4. The Labute approximate surface area is 132 Å². The number of hydrogen-bond donors (Lipinski definition) is 1. The van der Waals surface area contributed by atoms with E-state index in [1.165, 1.54) is 6.07 Å². The van der Waals surface area contributed by atoms with Gasteiger partial charge in [-0.25, -0.2) is 0 Å².